The molecule has 0 saturated carbocycles. The molecule has 0 spiro atoms. The summed E-state index contributed by atoms with van der Waals surface area (Å²) in [6.07, 6.45) is 1.69. The molecule has 2 rings (SSSR count). The molecule has 5 nitrogen and oxygen atoms in total. The maximum Gasteiger partial charge on any atom is 0.223 e. The van der Waals surface area contributed by atoms with E-state index < -0.39 is 0 Å². The van der Waals surface area contributed by atoms with Crippen molar-refractivity contribution in [3.8, 4) is 11.4 Å². The number of nitrogens with two attached hydrogens (primary N) is 1. The Morgan fingerprint density at radius 2 is 2.29 bits per heavy atom. The molecule has 2 heterocycles. The first-order chi connectivity index (χ1) is 6.79. The van der Waals surface area contributed by atoms with Crippen molar-refractivity contribution in [2.75, 3.05) is 0 Å². The van der Waals surface area contributed by atoms with Crippen molar-refractivity contribution in [3.05, 3.63) is 29.9 Å². The van der Waals surface area contributed by atoms with Crippen molar-refractivity contribution in [1.29, 1.82) is 0 Å². The molecular weight excluding hydrogens is 180 g/mol. The van der Waals surface area contributed by atoms with Crippen LogP contribution in [-0.2, 0) is 6.54 Å². The lowest BCUT2D eigenvalue weighted by Gasteiger charge is -1.96. The molecule has 0 saturated heterocycles. The second-order valence-corrected chi connectivity index (χ2v) is 2.88. The maximum atomic E-state index is 5.43. The third-order valence-corrected chi connectivity index (χ3v) is 1.82. The number of rotatable bonds is 2. The van der Waals surface area contributed by atoms with Crippen molar-refractivity contribution in [1.82, 2.24) is 15.1 Å². The summed E-state index contributed by atoms with van der Waals surface area (Å²) in [6, 6.07) is 3.72. The summed E-state index contributed by atoms with van der Waals surface area (Å²) in [4.78, 5) is 8.22. The average Bonchev–Trinajstić information content (AvgIpc) is 2.65. The molecule has 0 unspecified atom stereocenters. The third-order valence-electron chi connectivity index (χ3n) is 1.82. The lowest BCUT2D eigenvalue weighted by molar-refractivity contribution is 0.394. The summed E-state index contributed by atoms with van der Waals surface area (Å²) < 4.78 is 4.86. The Labute approximate surface area is 81.0 Å². The molecule has 0 aliphatic carbocycles. The molecule has 0 aromatic carbocycles. The van der Waals surface area contributed by atoms with Crippen LogP contribution in [0.2, 0.25) is 0 Å². The summed E-state index contributed by atoms with van der Waals surface area (Å²) in [6.45, 7) is 2.18. The second-order valence-electron chi connectivity index (χ2n) is 2.88. The molecule has 0 fully saturated rings. The van der Waals surface area contributed by atoms with Crippen LogP contribution in [0.25, 0.3) is 11.4 Å². The van der Waals surface area contributed by atoms with E-state index in [1.54, 1.807) is 13.1 Å². The number of aromatic nitrogens is 3. The van der Waals surface area contributed by atoms with Crippen molar-refractivity contribution in [2.45, 2.75) is 13.5 Å². The highest BCUT2D eigenvalue weighted by Gasteiger charge is 2.05. The third kappa shape index (κ3) is 1.62. The summed E-state index contributed by atoms with van der Waals surface area (Å²) in [5.74, 6) is 1.10. The Morgan fingerprint density at radius 1 is 1.43 bits per heavy atom. The predicted octanol–water partition coefficient (Wildman–Crippen LogP) is 0.899. The van der Waals surface area contributed by atoms with Crippen LogP contribution in [0.1, 0.15) is 11.6 Å². The highest BCUT2D eigenvalue weighted by atomic mass is 16.5. The maximum absolute atomic E-state index is 5.43. The first kappa shape index (κ1) is 8.83. The number of aryl methyl sites for hydroxylation is 1. The summed E-state index contributed by atoms with van der Waals surface area (Å²) in [7, 11) is 0. The van der Waals surface area contributed by atoms with Crippen molar-refractivity contribution in [3.63, 3.8) is 0 Å². The van der Waals surface area contributed by atoms with Crippen LogP contribution in [0.5, 0.6) is 0 Å². The molecule has 0 bridgehead atoms. The monoisotopic (exact) mass is 190 g/mol. The van der Waals surface area contributed by atoms with Crippen LogP contribution in [0, 0.1) is 6.92 Å². The predicted molar refractivity (Wildman–Crippen MR) is 50.2 cm³/mol. The van der Waals surface area contributed by atoms with Gasteiger partial charge in [-0.15, -0.1) is 0 Å². The van der Waals surface area contributed by atoms with Crippen LogP contribution < -0.4 is 5.73 Å². The van der Waals surface area contributed by atoms with Gasteiger partial charge in [0.2, 0.25) is 11.7 Å². The minimum Gasteiger partial charge on any atom is -0.339 e. The molecule has 0 radical (unpaired) electrons. The Bertz CT molecular complexity index is 421. The van der Waals surface area contributed by atoms with Gasteiger partial charge in [0.25, 0.3) is 0 Å². The van der Waals surface area contributed by atoms with Crippen LogP contribution in [0.4, 0.5) is 0 Å². The van der Waals surface area contributed by atoms with Crippen LogP contribution in [0.15, 0.2) is 22.9 Å². The topological polar surface area (TPSA) is 77.8 Å². The normalized spacial score (nSPS) is 10.4. The summed E-state index contributed by atoms with van der Waals surface area (Å²) in [5, 5.41) is 3.78. The minimum absolute atomic E-state index is 0.436. The van der Waals surface area contributed by atoms with E-state index in [1.165, 1.54) is 0 Å². The number of nitrogens with zero attached hydrogens (tertiary/aromatic N) is 3. The van der Waals surface area contributed by atoms with Gasteiger partial charge in [-0.1, -0.05) is 5.16 Å². The Balaban J connectivity index is 2.33. The number of hydrogen-bond acceptors (Lipinski definition) is 5. The fraction of sp³-hybridized carbons (Fsp3) is 0.222. The van der Waals surface area contributed by atoms with E-state index in [4.69, 9.17) is 10.3 Å². The van der Waals surface area contributed by atoms with Gasteiger partial charge < -0.3 is 10.3 Å². The van der Waals surface area contributed by atoms with Gasteiger partial charge in [0.15, 0.2) is 0 Å². The van der Waals surface area contributed by atoms with Gasteiger partial charge in [-0.25, -0.2) is 0 Å². The molecule has 72 valence electrons. The van der Waals surface area contributed by atoms with Crippen LogP contribution >= 0.6 is 0 Å². The average molecular weight is 190 g/mol. The Kier molecular flexibility index (Phi) is 2.24. The minimum atomic E-state index is 0.436. The molecule has 2 aromatic heterocycles. The van der Waals surface area contributed by atoms with Gasteiger partial charge in [-0.05, 0) is 12.1 Å². The fourth-order valence-electron chi connectivity index (χ4n) is 1.09. The SMILES string of the molecule is Cc1nc(-c2ccc(CN)nc2)no1. The van der Waals surface area contributed by atoms with E-state index in [9.17, 15) is 0 Å². The Hall–Kier alpha value is -1.75. The molecule has 5 heteroatoms. The zero-order chi connectivity index (χ0) is 9.97. The van der Waals surface area contributed by atoms with Gasteiger partial charge >= 0.3 is 0 Å². The van der Waals surface area contributed by atoms with Gasteiger partial charge in [0.1, 0.15) is 0 Å². The van der Waals surface area contributed by atoms with E-state index in [2.05, 4.69) is 15.1 Å². The lowest BCUT2D eigenvalue weighted by Crippen LogP contribution is -1.98. The van der Waals surface area contributed by atoms with Gasteiger partial charge in [0, 0.05) is 25.2 Å². The molecule has 0 amide bonds. The first-order valence-corrected chi connectivity index (χ1v) is 4.25. The smallest absolute Gasteiger partial charge is 0.223 e. The fourth-order valence-corrected chi connectivity index (χ4v) is 1.09. The van der Waals surface area contributed by atoms with Crippen molar-refractivity contribution in [2.24, 2.45) is 5.73 Å². The van der Waals surface area contributed by atoms with E-state index in [0.29, 0.717) is 18.3 Å². The largest absolute Gasteiger partial charge is 0.339 e. The molecular formula is C9H10N4O. The lowest BCUT2D eigenvalue weighted by atomic mass is 10.2. The molecule has 0 aliphatic heterocycles. The van der Waals surface area contributed by atoms with Gasteiger partial charge in [-0.3, -0.25) is 4.98 Å². The highest BCUT2D eigenvalue weighted by Crippen LogP contribution is 2.13. The van der Waals surface area contributed by atoms with Crippen molar-refractivity contribution >= 4 is 0 Å². The molecule has 2 aromatic rings. The molecule has 2 N–H and O–H groups in total. The van der Waals surface area contributed by atoms with E-state index in [-0.39, 0.29) is 0 Å². The summed E-state index contributed by atoms with van der Waals surface area (Å²) >= 11 is 0. The standard InChI is InChI=1S/C9H10N4O/c1-6-12-9(13-14-6)7-2-3-8(4-10)11-5-7/h2-3,5H,4,10H2,1H3. The van der Waals surface area contributed by atoms with Crippen molar-refractivity contribution < 1.29 is 4.52 Å². The zero-order valence-electron chi connectivity index (χ0n) is 7.77. The number of pyridine rings is 1. The second kappa shape index (κ2) is 3.55. The number of hydrogen-bond donors (Lipinski definition) is 1. The van der Waals surface area contributed by atoms with Crippen LogP contribution in [-0.4, -0.2) is 15.1 Å². The molecule has 14 heavy (non-hydrogen) atoms. The molecule has 0 atom stereocenters. The quantitative estimate of drug-likeness (QED) is 0.761. The Morgan fingerprint density at radius 3 is 2.79 bits per heavy atom. The summed E-state index contributed by atoms with van der Waals surface area (Å²) in [5.41, 5.74) is 7.10. The molecule has 0 aliphatic rings. The highest BCUT2D eigenvalue weighted by molar-refractivity contribution is 5.52. The van der Waals surface area contributed by atoms with E-state index in [1.807, 2.05) is 12.1 Å². The van der Waals surface area contributed by atoms with E-state index >= 15 is 0 Å². The van der Waals surface area contributed by atoms with Gasteiger partial charge in [-0.2, -0.15) is 4.98 Å². The van der Waals surface area contributed by atoms with Crippen LogP contribution in [0.3, 0.4) is 0 Å². The zero-order valence-corrected chi connectivity index (χ0v) is 7.77. The van der Waals surface area contributed by atoms with E-state index in [0.717, 1.165) is 11.3 Å². The van der Waals surface area contributed by atoms with Gasteiger partial charge in [0.05, 0.1) is 5.69 Å². The first-order valence-electron chi connectivity index (χ1n) is 4.25.